The van der Waals surface area contributed by atoms with E-state index in [-0.39, 0.29) is 30.5 Å². The predicted octanol–water partition coefficient (Wildman–Crippen LogP) is 2.08. The summed E-state index contributed by atoms with van der Waals surface area (Å²) >= 11 is 0. The molecule has 2 saturated heterocycles. The normalized spacial score (nSPS) is 23.0. The molecule has 0 radical (unpaired) electrons. The molecule has 1 atom stereocenters. The summed E-state index contributed by atoms with van der Waals surface area (Å²) in [6.45, 7) is 0.653. The van der Waals surface area contributed by atoms with E-state index in [4.69, 9.17) is 0 Å². The van der Waals surface area contributed by atoms with Crippen molar-refractivity contribution in [3.05, 3.63) is 29.8 Å². The van der Waals surface area contributed by atoms with Gasteiger partial charge in [-0.1, -0.05) is 0 Å². The highest BCUT2D eigenvalue weighted by Gasteiger charge is 2.38. The van der Waals surface area contributed by atoms with E-state index in [1.807, 2.05) is 0 Å². The molecular weight excluding hydrogens is 278 g/mol. The molecule has 3 rings (SSSR count). The van der Waals surface area contributed by atoms with Crippen molar-refractivity contribution in [3.8, 4) is 0 Å². The monoisotopic (exact) mass is 294 g/mol. The second kappa shape index (κ2) is 5.42. The second-order valence-electron chi connectivity index (χ2n) is 5.43. The number of hydrogen-bond acceptors (Lipinski definition) is 2. The molecule has 0 spiro atoms. The summed E-state index contributed by atoms with van der Waals surface area (Å²) in [6, 6.07) is 2.48. The highest BCUT2D eigenvalue weighted by atomic mass is 19.1. The van der Waals surface area contributed by atoms with Gasteiger partial charge in [-0.05, 0) is 31.4 Å². The van der Waals surface area contributed by atoms with Gasteiger partial charge in [-0.2, -0.15) is 0 Å². The Morgan fingerprint density at radius 3 is 2.71 bits per heavy atom. The van der Waals surface area contributed by atoms with Gasteiger partial charge in [-0.15, -0.1) is 0 Å². The maximum absolute atomic E-state index is 13.9. The molecule has 4 nitrogen and oxygen atoms in total. The van der Waals surface area contributed by atoms with Crippen LogP contribution in [0, 0.1) is 11.6 Å². The van der Waals surface area contributed by atoms with Crippen LogP contribution in [0.2, 0.25) is 0 Å². The van der Waals surface area contributed by atoms with Crippen molar-refractivity contribution < 1.29 is 18.4 Å². The Hall–Kier alpha value is -1.98. The van der Waals surface area contributed by atoms with Crippen LogP contribution in [0.4, 0.5) is 14.5 Å². The number of carbonyl (C=O) groups excluding carboxylic acids is 2. The molecule has 2 aliphatic heterocycles. The Bertz CT molecular complexity index is 591. The number of anilines is 1. The summed E-state index contributed by atoms with van der Waals surface area (Å²) in [7, 11) is 0. The van der Waals surface area contributed by atoms with Crippen LogP contribution in [0.15, 0.2) is 18.2 Å². The molecule has 0 aliphatic carbocycles. The van der Waals surface area contributed by atoms with Crippen LogP contribution in [0.5, 0.6) is 0 Å². The summed E-state index contributed by atoms with van der Waals surface area (Å²) in [5.74, 6) is -1.66. The van der Waals surface area contributed by atoms with E-state index >= 15 is 0 Å². The molecule has 0 aromatic heterocycles. The van der Waals surface area contributed by atoms with Crippen molar-refractivity contribution >= 4 is 17.5 Å². The molecule has 0 bridgehead atoms. The largest absolute Gasteiger partial charge is 0.331 e. The van der Waals surface area contributed by atoms with Crippen molar-refractivity contribution in [2.45, 2.75) is 31.7 Å². The number of fused-ring (bicyclic) bond motifs is 1. The molecule has 21 heavy (non-hydrogen) atoms. The fourth-order valence-corrected chi connectivity index (χ4v) is 3.06. The van der Waals surface area contributed by atoms with Gasteiger partial charge in [0.15, 0.2) is 0 Å². The van der Waals surface area contributed by atoms with Gasteiger partial charge in [0.05, 0.1) is 5.69 Å². The van der Waals surface area contributed by atoms with Gasteiger partial charge in [0.2, 0.25) is 11.8 Å². The molecule has 2 fully saturated rings. The fraction of sp³-hybridized carbons (Fsp3) is 0.467. The lowest BCUT2D eigenvalue weighted by atomic mass is 10.0. The first-order chi connectivity index (χ1) is 10.1. The molecule has 2 heterocycles. The van der Waals surface area contributed by atoms with Gasteiger partial charge < -0.3 is 9.80 Å². The molecule has 0 saturated carbocycles. The van der Waals surface area contributed by atoms with Crippen LogP contribution in [-0.4, -0.2) is 35.8 Å². The Labute approximate surface area is 121 Å². The Morgan fingerprint density at radius 2 is 1.90 bits per heavy atom. The first-order valence-electron chi connectivity index (χ1n) is 7.14. The maximum atomic E-state index is 13.9. The summed E-state index contributed by atoms with van der Waals surface area (Å²) in [6.07, 6.45) is 2.46. The highest BCUT2D eigenvalue weighted by molar-refractivity contribution is 6.01. The average molecular weight is 294 g/mol. The zero-order valence-corrected chi connectivity index (χ0v) is 11.5. The number of piperidine rings is 1. The number of carbonyl (C=O) groups is 2. The van der Waals surface area contributed by atoms with Crippen LogP contribution in [-0.2, 0) is 9.59 Å². The summed E-state index contributed by atoms with van der Waals surface area (Å²) in [4.78, 5) is 27.5. The minimum atomic E-state index is -0.651. The van der Waals surface area contributed by atoms with E-state index in [0.717, 1.165) is 31.0 Å². The standard InChI is InChI=1S/C15H16F2N2O2/c16-10-4-5-11(17)13(9-10)19-8-6-14(20)18-7-2-1-3-12(18)15(19)21/h4-5,9,12H,1-3,6-8H2. The van der Waals surface area contributed by atoms with Gasteiger partial charge in [-0.3, -0.25) is 9.59 Å². The highest BCUT2D eigenvalue weighted by Crippen LogP contribution is 2.28. The smallest absolute Gasteiger partial charge is 0.249 e. The molecular formula is C15H16F2N2O2. The summed E-state index contributed by atoms with van der Waals surface area (Å²) < 4.78 is 27.3. The summed E-state index contributed by atoms with van der Waals surface area (Å²) in [5.41, 5.74) is -0.0831. The molecule has 2 aliphatic rings. The maximum Gasteiger partial charge on any atom is 0.249 e. The number of rotatable bonds is 1. The lowest BCUT2D eigenvalue weighted by molar-refractivity contribution is -0.139. The Morgan fingerprint density at radius 1 is 1.10 bits per heavy atom. The number of hydrogen-bond donors (Lipinski definition) is 0. The van der Waals surface area contributed by atoms with Crippen LogP contribution < -0.4 is 4.90 Å². The number of nitrogens with zero attached hydrogens (tertiary/aromatic N) is 2. The van der Waals surface area contributed by atoms with E-state index in [2.05, 4.69) is 0 Å². The first kappa shape index (κ1) is 14.0. The first-order valence-corrected chi connectivity index (χ1v) is 7.14. The van der Waals surface area contributed by atoms with Gasteiger partial charge in [0.25, 0.3) is 0 Å². The van der Waals surface area contributed by atoms with Crippen molar-refractivity contribution in [1.82, 2.24) is 4.90 Å². The van der Waals surface area contributed by atoms with Crippen molar-refractivity contribution in [1.29, 1.82) is 0 Å². The van der Waals surface area contributed by atoms with Gasteiger partial charge >= 0.3 is 0 Å². The van der Waals surface area contributed by atoms with Gasteiger partial charge in [-0.25, -0.2) is 8.78 Å². The predicted molar refractivity (Wildman–Crippen MR) is 72.7 cm³/mol. The number of halogens is 2. The zero-order chi connectivity index (χ0) is 15.0. The van der Waals surface area contributed by atoms with E-state index in [0.29, 0.717) is 13.0 Å². The quantitative estimate of drug-likeness (QED) is 0.795. The molecule has 1 aromatic rings. The molecule has 1 unspecified atom stereocenters. The van der Waals surface area contributed by atoms with Crippen LogP contribution in [0.3, 0.4) is 0 Å². The van der Waals surface area contributed by atoms with Gasteiger partial charge in [0, 0.05) is 25.6 Å². The average Bonchev–Trinajstić information content (AvgIpc) is 2.61. The van der Waals surface area contributed by atoms with Crippen molar-refractivity contribution in [2.75, 3.05) is 18.0 Å². The Kier molecular flexibility index (Phi) is 3.61. The zero-order valence-electron chi connectivity index (χ0n) is 11.5. The van der Waals surface area contributed by atoms with Gasteiger partial charge in [0.1, 0.15) is 17.7 Å². The summed E-state index contributed by atoms with van der Waals surface area (Å²) in [5, 5.41) is 0. The molecule has 6 heteroatoms. The van der Waals surface area contributed by atoms with Crippen LogP contribution >= 0.6 is 0 Å². The number of benzene rings is 1. The lowest BCUT2D eigenvalue weighted by Crippen LogP contribution is -2.50. The minimum Gasteiger partial charge on any atom is -0.331 e. The molecule has 2 amide bonds. The Balaban J connectivity index is 1.97. The topological polar surface area (TPSA) is 40.6 Å². The van der Waals surface area contributed by atoms with E-state index < -0.39 is 17.7 Å². The van der Waals surface area contributed by atoms with E-state index in [1.165, 1.54) is 4.90 Å². The SMILES string of the molecule is O=C1C2CCCCN2C(=O)CCN1c1cc(F)ccc1F. The second-order valence-corrected chi connectivity index (χ2v) is 5.43. The minimum absolute atomic E-state index is 0.0831. The lowest BCUT2D eigenvalue weighted by Gasteiger charge is -2.34. The molecule has 0 N–H and O–H groups in total. The van der Waals surface area contributed by atoms with Crippen LogP contribution in [0.1, 0.15) is 25.7 Å². The van der Waals surface area contributed by atoms with Crippen molar-refractivity contribution in [3.63, 3.8) is 0 Å². The third-order valence-corrected chi connectivity index (χ3v) is 4.12. The third kappa shape index (κ3) is 2.50. The van der Waals surface area contributed by atoms with E-state index in [1.54, 1.807) is 4.90 Å². The number of amides is 2. The fourth-order valence-electron chi connectivity index (χ4n) is 3.06. The third-order valence-electron chi connectivity index (χ3n) is 4.12. The van der Waals surface area contributed by atoms with E-state index in [9.17, 15) is 18.4 Å². The molecule has 1 aromatic carbocycles. The van der Waals surface area contributed by atoms with Crippen molar-refractivity contribution in [2.24, 2.45) is 0 Å². The van der Waals surface area contributed by atoms with Crippen LogP contribution in [0.25, 0.3) is 0 Å². The molecule has 112 valence electrons.